The second-order valence-corrected chi connectivity index (χ2v) is 4.67. The first-order valence-electron chi connectivity index (χ1n) is 6.04. The number of hydrogen-bond donors (Lipinski definition) is 0. The molecule has 0 amide bonds. The van der Waals surface area contributed by atoms with Crippen molar-refractivity contribution in [3.05, 3.63) is 52.9 Å². The zero-order valence-corrected chi connectivity index (χ0v) is 10.8. The van der Waals surface area contributed by atoms with Gasteiger partial charge in [0.2, 0.25) is 0 Å². The lowest BCUT2D eigenvalue weighted by Gasteiger charge is -1.92. The molecule has 0 radical (unpaired) electrons. The first-order chi connectivity index (χ1) is 8.61. The number of fused-ring (bicyclic) bond motifs is 1. The lowest BCUT2D eigenvalue weighted by molar-refractivity contribution is 0.492. The van der Waals surface area contributed by atoms with Crippen molar-refractivity contribution in [1.82, 2.24) is 4.98 Å². The maximum absolute atomic E-state index is 5.81. The van der Waals surface area contributed by atoms with E-state index in [1.807, 2.05) is 19.9 Å². The lowest BCUT2D eigenvalue weighted by atomic mass is 10.1. The van der Waals surface area contributed by atoms with Crippen LogP contribution in [0.25, 0.3) is 11.0 Å². The van der Waals surface area contributed by atoms with Crippen LogP contribution in [0.1, 0.15) is 28.7 Å². The topological polar surface area (TPSA) is 39.2 Å². The molecule has 0 saturated carbocycles. The molecule has 0 atom stereocenters. The summed E-state index contributed by atoms with van der Waals surface area (Å²) < 4.78 is 11.2. The molecule has 0 aliphatic rings. The van der Waals surface area contributed by atoms with E-state index in [4.69, 9.17) is 8.83 Å². The second-order valence-electron chi connectivity index (χ2n) is 4.67. The molecule has 0 aliphatic heterocycles. The van der Waals surface area contributed by atoms with E-state index >= 15 is 0 Å². The van der Waals surface area contributed by atoms with Gasteiger partial charge < -0.3 is 8.83 Å². The number of aromatic nitrogens is 1. The fourth-order valence-corrected chi connectivity index (χ4v) is 2.21. The minimum atomic E-state index is 0.677. The molecule has 0 fully saturated rings. The Hall–Kier alpha value is -2.03. The standard InChI is InChI=1S/C15H15NO2/c1-9-4-5-15-12(6-9)7-13(18-15)8-14-10(2)17-11(3)16-14/h4-7H,8H2,1-3H3. The summed E-state index contributed by atoms with van der Waals surface area (Å²) >= 11 is 0. The van der Waals surface area contributed by atoms with Gasteiger partial charge in [-0.15, -0.1) is 0 Å². The lowest BCUT2D eigenvalue weighted by Crippen LogP contribution is -1.88. The van der Waals surface area contributed by atoms with E-state index in [1.54, 1.807) is 0 Å². The molecule has 0 saturated heterocycles. The Bertz CT molecular complexity index is 706. The molecule has 2 heterocycles. The van der Waals surface area contributed by atoms with Crippen molar-refractivity contribution in [2.24, 2.45) is 0 Å². The van der Waals surface area contributed by atoms with E-state index in [-0.39, 0.29) is 0 Å². The number of benzene rings is 1. The first-order valence-corrected chi connectivity index (χ1v) is 6.04. The summed E-state index contributed by atoms with van der Waals surface area (Å²) in [6.07, 6.45) is 0.677. The second kappa shape index (κ2) is 4.02. The Morgan fingerprint density at radius 2 is 1.89 bits per heavy atom. The van der Waals surface area contributed by atoms with Crippen molar-refractivity contribution >= 4 is 11.0 Å². The van der Waals surface area contributed by atoms with Crippen LogP contribution in [-0.2, 0) is 6.42 Å². The quantitative estimate of drug-likeness (QED) is 0.682. The number of furan rings is 1. The van der Waals surface area contributed by atoms with Crippen LogP contribution in [0.15, 0.2) is 33.1 Å². The van der Waals surface area contributed by atoms with Gasteiger partial charge in [0.15, 0.2) is 5.89 Å². The molecule has 3 nitrogen and oxygen atoms in total. The van der Waals surface area contributed by atoms with Gasteiger partial charge in [-0.3, -0.25) is 0 Å². The van der Waals surface area contributed by atoms with Gasteiger partial charge in [-0.25, -0.2) is 4.98 Å². The highest BCUT2D eigenvalue weighted by Gasteiger charge is 2.11. The number of aryl methyl sites for hydroxylation is 3. The predicted molar refractivity (Wildman–Crippen MR) is 69.7 cm³/mol. The number of nitrogens with zero attached hydrogens (tertiary/aromatic N) is 1. The third-order valence-electron chi connectivity index (χ3n) is 3.06. The van der Waals surface area contributed by atoms with Gasteiger partial charge in [-0.1, -0.05) is 11.6 Å². The van der Waals surface area contributed by atoms with Crippen LogP contribution in [0.2, 0.25) is 0 Å². The van der Waals surface area contributed by atoms with E-state index in [0.29, 0.717) is 12.3 Å². The minimum Gasteiger partial charge on any atom is -0.461 e. The summed E-state index contributed by atoms with van der Waals surface area (Å²) in [7, 11) is 0. The van der Waals surface area contributed by atoms with E-state index < -0.39 is 0 Å². The molecule has 18 heavy (non-hydrogen) atoms. The fourth-order valence-electron chi connectivity index (χ4n) is 2.21. The average Bonchev–Trinajstić information content (AvgIpc) is 2.82. The Morgan fingerprint density at radius 3 is 2.61 bits per heavy atom. The van der Waals surface area contributed by atoms with Crippen molar-refractivity contribution in [2.75, 3.05) is 0 Å². The average molecular weight is 241 g/mol. The van der Waals surface area contributed by atoms with E-state index in [0.717, 1.165) is 28.2 Å². The molecule has 0 spiro atoms. The Labute approximate surface area is 105 Å². The van der Waals surface area contributed by atoms with Crippen LogP contribution in [0.3, 0.4) is 0 Å². The van der Waals surface area contributed by atoms with Gasteiger partial charge in [0.05, 0.1) is 12.1 Å². The monoisotopic (exact) mass is 241 g/mol. The number of hydrogen-bond acceptors (Lipinski definition) is 3. The summed E-state index contributed by atoms with van der Waals surface area (Å²) in [4.78, 5) is 4.37. The number of oxazole rings is 1. The molecule has 0 bridgehead atoms. The molecule has 3 aromatic rings. The molecule has 1 aromatic carbocycles. The molecule has 3 rings (SSSR count). The molecule has 0 N–H and O–H groups in total. The van der Waals surface area contributed by atoms with Gasteiger partial charge in [-0.05, 0) is 32.0 Å². The largest absolute Gasteiger partial charge is 0.461 e. The SMILES string of the molecule is Cc1ccc2oc(Cc3nc(C)oc3C)cc2c1. The van der Waals surface area contributed by atoms with Gasteiger partial charge in [0.1, 0.15) is 17.1 Å². The Kier molecular flexibility index (Phi) is 2.47. The van der Waals surface area contributed by atoms with Crippen molar-refractivity contribution in [3.63, 3.8) is 0 Å². The van der Waals surface area contributed by atoms with Gasteiger partial charge in [0.25, 0.3) is 0 Å². The van der Waals surface area contributed by atoms with Crippen LogP contribution in [0.5, 0.6) is 0 Å². The van der Waals surface area contributed by atoms with Crippen LogP contribution < -0.4 is 0 Å². The van der Waals surface area contributed by atoms with Gasteiger partial charge >= 0.3 is 0 Å². The smallest absolute Gasteiger partial charge is 0.191 e. The highest BCUT2D eigenvalue weighted by Crippen LogP contribution is 2.23. The summed E-state index contributed by atoms with van der Waals surface area (Å²) in [6, 6.07) is 8.27. The first kappa shape index (κ1) is 11.1. The third-order valence-corrected chi connectivity index (χ3v) is 3.06. The van der Waals surface area contributed by atoms with Crippen LogP contribution in [-0.4, -0.2) is 4.98 Å². The third kappa shape index (κ3) is 1.92. The molecule has 0 unspecified atom stereocenters. The summed E-state index contributed by atoms with van der Waals surface area (Å²) in [5.74, 6) is 2.49. The molecule has 0 aliphatic carbocycles. The Morgan fingerprint density at radius 1 is 1.06 bits per heavy atom. The van der Waals surface area contributed by atoms with Crippen molar-refractivity contribution < 1.29 is 8.83 Å². The zero-order chi connectivity index (χ0) is 12.7. The van der Waals surface area contributed by atoms with Crippen molar-refractivity contribution in [2.45, 2.75) is 27.2 Å². The van der Waals surface area contributed by atoms with Gasteiger partial charge in [0, 0.05) is 12.3 Å². The van der Waals surface area contributed by atoms with Gasteiger partial charge in [-0.2, -0.15) is 0 Å². The maximum atomic E-state index is 5.81. The highest BCUT2D eigenvalue weighted by molar-refractivity contribution is 5.78. The molecule has 2 aromatic heterocycles. The zero-order valence-electron chi connectivity index (χ0n) is 10.8. The molecule has 92 valence electrons. The minimum absolute atomic E-state index is 0.677. The summed E-state index contributed by atoms with van der Waals surface area (Å²) in [5, 5.41) is 1.14. The predicted octanol–water partition coefficient (Wildman–Crippen LogP) is 3.94. The summed E-state index contributed by atoms with van der Waals surface area (Å²) in [5.41, 5.74) is 3.11. The van der Waals surface area contributed by atoms with E-state index in [1.165, 1.54) is 5.56 Å². The van der Waals surface area contributed by atoms with Crippen molar-refractivity contribution in [3.8, 4) is 0 Å². The van der Waals surface area contributed by atoms with Crippen molar-refractivity contribution in [1.29, 1.82) is 0 Å². The Balaban J connectivity index is 1.97. The van der Waals surface area contributed by atoms with E-state index in [2.05, 4.69) is 30.1 Å². The summed E-state index contributed by atoms with van der Waals surface area (Å²) in [6.45, 7) is 5.87. The van der Waals surface area contributed by atoms with Crippen LogP contribution in [0, 0.1) is 20.8 Å². The normalized spacial score (nSPS) is 11.3. The molecule has 3 heteroatoms. The molecular formula is C15H15NO2. The van der Waals surface area contributed by atoms with Crippen LogP contribution in [0.4, 0.5) is 0 Å². The number of rotatable bonds is 2. The highest BCUT2D eigenvalue weighted by atomic mass is 16.4. The molecular weight excluding hydrogens is 226 g/mol. The fraction of sp³-hybridized carbons (Fsp3) is 0.267. The van der Waals surface area contributed by atoms with Crippen LogP contribution >= 0.6 is 0 Å². The van der Waals surface area contributed by atoms with E-state index in [9.17, 15) is 0 Å². The maximum Gasteiger partial charge on any atom is 0.191 e.